The highest BCUT2D eigenvalue weighted by Crippen LogP contribution is 2.18. The van der Waals surface area contributed by atoms with Crippen molar-refractivity contribution in [1.29, 1.82) is 0 Å². The van der Waals surface area contributed by atoms with Crippen LogP contribution in [0.2, 0.25) is 0 Å². The molecule has 0 amide bonds. The van der Waals surface area contributed by atoms with Gasteiger partial charge in [0.15, 0.2) is 5.65 Å². The number of aromatic nitrogens is 3. The Hall–Kier alpha value is -1.46. The number of nitrogens with one attached hydrogen (secondary N) is 1. The minimum Gasteiger partial charge on any atom is -0.393 e. The van der Waals surface area contributed by atoms with E-state index < -0.39 is 0 Å². The average molecular weight is 260 g/mol. The van der Waals surface area contributed by atoms with Crippen molar-refractivity contribution < 1.29 is 5.11 Å². The lowest BCUT2D eigenvalue weighted by atomic mass is 9.93. The van der Waals surface area contributed by atoms with E-state index in [1.807, 2.05) is 29.9 Å². The van der Waals surface area contributed by atoms with Crippen LogP contribution in [0.15, 0.2) is 18.5 Å². The summed E-state index contributed by atoms with van der Waals surface area (Å²) in [6.45, 7) is 2.78. The van der Waals surface area contributed by atoms with E-state index in [0.717, 1.165) is 49.1 Å². The molecule has 5 heteroatoms. The van der Waals surface area contributed by atoms with E-state index in [1.165, 1.54) is 0 Å². The Morgan fingerprint density at radius 1 is 1.37 bits per heavy atom. The van der Waals surface area contributed by atoms with Gasteiger partial charge in [-0.25, -0.2) is 9.50 Å². The van der Waals surface area contributed by atoms with Gasteiger partial charge in [-0.05, 0) is 32.6 Å². The Labute approximate surface area is 112 Å². The van der Waals surface area contributed by atoms with Crippen LogP contribution in [0.25, 0.3) is 5.65 Å². The van der Waals surface area contributed by atoms with Gasteiger partial charge in [0.1, 0.15) is 0 Å². The van der Waals surface area contributed by atoms with Crippen molar-refractivity contribution in [2.75, 3.05) is 0 Å². The fourth-order valence-electron chi connectivity index (χ4n) is 2.67. The summed E-state index contributed by atoms with van der Waals surface area (Å²) in [5.74, 6) is 0. The lowest BCUT2D eigenvalue weighted by Crippen LogP contribution is -2.34. The smallest absolute Gasteiger partial charge is 0.155 e. The first-order chi connectivity index (χ1) is 9.20. The summed E-state index contributed by atoms with van der Waals surface area (Å²) >= 11 is 0. The number of fused-ring (bicyclic) bond motifs is 1. The topological polar surface area (TPSA) is 62.5 Å². The highest BCUT2D eigenvalue weighted by atomic mass is 16.3. The minimum absolute atomic E-state index is 0.0943. The summed E-state index contributed by atoms with van der Waals surface area (Å²) in [7, 11) is 0. The maximum atomic E-state index is 9.48. The molecule has 0 aromatic carbocycles. The molecule has 1 saturated carbocycles. The average Bonchev–Trinajstić information content (AvgIpc) is 2.77. The monoisotopic (exact) mass is 260 g/mol. The molecule has 1 aliphatic carbocycles. The number of hydrogen-bond donors (Lipinski definition) is 2. The number of aliphatic hydroxyl groups is 1. The predicted molar refractivity (Wildman–Crippen MR) is 72.8 cm³/mol. The Balaban J connectivity index is 1.61. The maximum Gasteiger partial charge on any atom is 0.155 e. The third-order valence-electron chi connectivity index (χ3n) is 3.78. The van der Waals surface area contributed by atoms with E-state index in [9.17, 15) is 5.11 Å². The van der Waals surface area contributed by atoms with Gasteiger partial charge in [-0.3, -0.25) is 0 Å². The van der Waals surface area contributed by atoms with Crippen molar-refractivity contribution in [2.24, 2.45) is 0 Å². The van der Waals surface area contributed by atoms with Gasteiger partial charge < -0.3 is 10.4 Å². The van der Waals surface area contributed by atoms with E-state index in [2.05, 4.69) is 15.4 Å². The molecule has 0 unspecified atom stereocenters. The van der Waals surface area contributed by atoms with Crippen molar-refractivity contribution in [3.63, 3.8) is 0 Å². The highest BCUT2D eigenvalue weighted by Gasteiger charge is 2.18. The van der Waals surface area contributed by atoms with Gasteiger partial charge in [-0.1, -0.05) is 0 Å². The van der Waals surface area contributed by atoms with Gasteiger partial charge in [-0.2, -0.15) is 5.10 Å². The van der Waals surface area contributed by atoms with Crippen LogP contribution in [0.1, 0.15) is 36.9 Å². The molecule has 2 heterocycles. The van der Waals surface area contributed by atoms with Crippen LogP contribution in [-0.4, -0.2) is 31.9 Å². The molecule has 0 spiro atoms. The van der Waals surface area contributed by atoms with Gasteiger partial charge in [0.2, 0.25) is 0 Å². The third kappa shape index (κ3) is 2.93. The summed E-state index contributed by atoms with van der Waals surface area (Å²) in [5.41, 5.74) is 3.02. The molecule has 19 heavy (non-hydrogen) atoms. The van der Waals surface area contributed by atoms with Crippen LogP contribution < -0.4 is 5.32 Å². The van der Waals surface area contributed by atoms with Crippen LogP contribution in [0, 0.1) is 6.92 Å². The van der Waals surface area contributed by atoms with Crippen molar-refractivity contribution in [1.82, 2.24) is 19.9 Å². The van der Waals surface area contributed by atoms with Crippen LogP contribution >= 0.6 is 0 Å². The first kappa shape index (κ1) is 12.6. The zero-order valence-electron chi connectivity index (χ0n) is 11.2. The largest absolute Gasteiger partial charge is 0.393 e. The van der Waals surface area contributed by atoms with Crippen LogP contribution in [0.5, 0.6) is 0 Å². The zero-order valence-corrected chi connectivity index (χ0v) is 11.2. The number of hydrogen-bond acceptors (Lipinski definition) is 4. The molecular weight excluding hydrogens is 240 g/mol. The lowest BCUT2D eigenvalue weighted by molar-refractivity contribution is 0.116. The Morgan fingerprint density at radius 3 is 2.95 bits per heavy atom. The summed E-state index contributed by atoms with van der Waals surface area (Å²) in [6, 6.07) is 2.48. The third-order valence-corrected chi connectivity index (χ3v) is 3.78. The first-order valence-electron chi connectivity index (χ1n) is 6.93. The van der Waals surface area contributed by atoms with E-state index in [1.54, 1.807) is 0 Å². The molecule has 2 aromatic rings. The van der Waals surface area contributed by atoms with Gasteiger partial charge in [0, 0.05) is 36.6 Å². The van der Waals surface area contributed by atoms with Gasteiger partial charge >= 0.3 is 0 Å². The summed E-state index contributed by atoms with van der Waals surface area (Å²) in [6.07, 6.45) is 7.76. The summed E-state index contributed by atoms with van der Waals surface area (Å²) < 4.78 is 1.83. The van der Waals surface area contributed by atoms with E-state index >= 15 is 0 Å². The fourth-order valence-corrected chi connectivity index (χ4v) is 2.67. The molecule has 0 bridgehead atoms. The van der Waals surface area contributed by atoms with E-state index in [4.69, 9.17) is 0 Å². The molecule has 5 nitrogen and oxygen atoms in total. The summed E-state index contributed by atoms with van der Waals surface area (Å²) in [5, 5.41) is 17.4. The van der Waals surface area contributed by atoms with Crippen LogP contribution in [0.4, 0.5) is 0 Å². The highest BCUT2D eigenvalue weighted by molar-refractivity contribution is 5.38. The number of nitrogens with zero attached hydrogens (tertiary/aromatic N) is 3. The van der Waals surface area contributed by atoms with Crippen molar-refractivity contribution in [3.05, 3.63) is 29.7 Å². The van der Waals surface area contributed by atoms with E-state index in [-0.39, 0.29) is 6.10 Å². The van der Waals surface area contributed by atoms with E-state index in [0.29, 0.717) is 6.04 Å². The molecule has 0 atom stereocenters. The second-order valence-electron chi connectivity index (χ2n) is 5.44. The molecule has 3 rings (SSSR count). The maximum absolute atomic E-state index is 9.48. The van der Waals surface area contributed by atoms with Crippen LogP contribution in [-0.2, 0) is 6.54 Å². The second kappa shape index (κ2) is 5.27. The van der Waals surface area contributed by atoms with Gasteiger partial charge in [-0.15, -0.1) is 0 Å². The number of rotatable bonds is 3. The molecule has 1 fully saturated rings. The molecule has 2 N–H and O–H groups in total. The van der Waals surface area contributed by atoms with Gasteiger partial charge in [0.25, 0.3) is 0 Å². The van der Waals surface area contributed by atoms with Crippen molar-refractivity contribution in [2.45, 2.75) is 51.3 Å². The van der Waals surface area contributed by atoms with Crippen molar-refractivity contribution >= 4 is 5.65 Å². The Kier molecular flexibility index (Phi) is 3.48. The molecule has 0 radical (unpaired) electrons. The number of aliphatic hydroxyl groups excluding tert-OH is 1. The lowest BCUT2D eigenvalue weighted by Gasteiger charge is -2.26. The zero-order chi connectivity index (χ0) is 13.2. The Bertz CT molecular complexity index is 558. The normalized spacial score (nSPS) is 23.9. The van der Waals surface area contributed by atoms with Gasteiger partial charge in [0.05, 0.1) is 11.8 Å². The fraction of sp³-hybridized carbons (Fsp3) is 0.571. The SMILES string of the molecule is Cc1cc2ncc(CNC3CCC(O)CC3)cn2n1. The molecule has 1 aliphatic rings. The second-order valence-corrected chi connectivity index (χ2v) is 5.44. The van der Waals surface area contributed by atoms with Crippen molar-refractivity contribution in [3.8, 4) is 0 Å². The quantitative estimate of drug-likeness (QED) is 0.876. The predicted octanol–water partition coefficient (Wildman–Crippen LogP) is 1.43. The van der Waals surface area contributed by atoms with Crippen LogP contribution in [0.3, 0.4) is 0 Å². The Morgan fingerprint density at radius 2 is 2.16 bits per heavy atom. The summed E-state index contributed by atoms with van der Waals surface area (Å²) in [4.78, 5) is 4.40. The molecule has 0 aliphatic heterocycles. The molecule has 102 valence electrons. The molecular formula is C14H20N4O. The molecule has 2 aromatic heterocycles. The standard InChI is InChI=1S/C14H20N4O/c1-10-6-14-16-8-11(9-18(14)17-10)7-15-12-2-4-13(19)5-3-12/h6,8-9,12-13,15,19H,2-5,7H2,1H3. The number of aryl methyl sites for hydroxylation is 1. The first-order valence-corrected chi connectivity index (χ1v) is 6.93. The molecule has 0 saturated heterocycles. The minimum atomic E-state index is -0.0943.